The van der Waals surface area contributed by atoms with E-state index in [4.69, 9.17) is 0 Å². The first kappa shape index (κ1) is 34.4. The van der Waals surface area contributed by atoms with Crippen LogP contribution in [0.5, 0.6) is 0 Å². The van der Waals surface area contributed by atoms with E-state index in [1.807, 2.05) is 115 Å². The molecule has 0 aliphatic carbocycles. The summed E-state index contributed by atoms with van der Waals surface area (Å²) in [5.41, 5.74) is 5.22. The van der Waals surface area contributed by atoms with E-state index in [0.29, 0.717) is 5.69 Å². The van der Waals surface area contributed by atoms with Crippen LogP contribution in [0, 0.1) is 27.7 Å². The van der Waals surface area contributed by atoms with Crippen LogP contribution in [0.2, 0.25) is 0 Å². The van der Waals surface area contributed by atoms with E-state index < -0.39 is 34.1 Å². The highest BCUT2D eigenvalue weighted by atomic mass is 32.2. The fraction of sp³-hybridized carbons (Fsp3) is 0.316. The molecule has 1 atom stereocenters. The van der Waals surface area contributed by atoms with Crippen molar-refractivity contribution in [3.8, 4) is 0 Å². The molecule has 0 saturated carbocycles. The lowest BCUT2D eigenvalue weighted by Gasteiger charge is -2.35. The summed E-state index contributed by atoms with van der Waals surface area (Å²) in [5.74, 6) is -0.793. The van der Waals surface area contributed by atoms with Gasteiger partial charge < -0.3 is 10.2 Å². The Balaban J connectivity index is 1.84. The Morgan fingerprint density at radius 3 is 1.96 bits per heavy atom. The van der Waals surface area contributed by atoms with Crippen LogP contribution in [0.15, 0.2) is 102 Å². The predicted molar refractivity (Wildman–Crippen MR) is 185 cm³/mol. The zero-order valence-electron chi connectivity index (χ0n) is 27.9. The number of carbonyl (C=O) groups is 2. The summed E-state index contributed by atoms with van der Waals surface area (Å²) in [6, 6.07) is 28.5. The Bertz CT molecular complexity index is 1780. The molecule has 0 aliphatic heterocycles. The minimum Gasteiger partial charge on any atom is -0.350 e. The smallest absolute Gasteiger partial charge is 0.264 e. The molecule has 1 N–H and O–H groups in total. The highest BCUT2D eigenvalue weighted by Gasteiger charge is 2.36. The summed E-state index contributed by atoms with van der Waals surface area (Å²) in [5, 5.41) is 3.07. The molecule has 242 valence electrons. The van der Waals surface area contributed by atoms with Crippen molar-refractivity contribution in [2.75, 3.05) is 10.8 Å². The second-order valence-corrected chi connectivity index (χ2v) is 14.9. The lowest BCUT2D eigenvalue weighted by atomic mass is 10.0. The number of hydrogen-bond acceptors (Lipinski definition) is 4. The molecule has 0 saturated heterocycles. The van der Waals surface area contributed by atoms with E-state index in [0.717, 1.165) is 33.4 Å². The molecule has 2 amide bonds. The van der Waals surface area contributed by atoms with Gasteiger partial charge in [0.1, 0.15) is 12.6 Å². The van der Waals surface area contributed by atoms with Crippen LogP contribution < -0.4 is 9.62 Å². The summed E-state index contributed by atoms with van der Waals surface area (Å²) in [7, 11) is -4.16. The van der Waals surface area contributed by atoms with Crippen molar-refractivity contribution in [2.45, 2.75) is 77.9 Å². The number of benzene rings is 4. The fourth-order valence-corrected chi connectivity index (χ4v) is 6.93. The van der Waals surface area contributed by atoms with Gasteiger partial charge in [-0.1, -0.05) is 95.6 Å². The second-order valence-electron chi connectivity index (χ2n) is 13.1. The van der Waals surface area contributed by atoms with Gasteiger partial charge in [-0.3, -0.25) is 13.9 Å². The number of carbonyl (C=O) groups excluding carboxylic acids is 2. The highest BCUT2D eigenvalue weighted by Crippen LogP contribution is 2.29. The standard InChI is InChI=1S/C38H45N3O4S/c1-27-16-19-33(20-17-27)46(44,45)41(34-21-18-29(3)22-30(34)4)26-36(42)40(25-32-15-11-12-28(2)23-32)35(37(43)39-38(5,6)7)24-31-13-9-8-10-14-31/h8-23,35H,24-26H2,1-7H3,(H,39,43)/t35-/m1/s1. The van der Waals surface area contributed by atoms with Gasteiger partial charge in [0.2, 0.25) is 11.8 Å². The number of rotatable bonds is 11. The van der Waals surface area contributed by atoms with Crippen molar-refractivity contribution in [3.05, 3.63) is 130 Å². The van der Waals surface area contributed by atoms with E-state index in [1.54, 1.807) is 30.3 Å². The lowest BCUT2D eigenvalue weighted by Crippen LogP contribution is -2.56. The van der Waals surface area contributed by atoms with Gasteiger partial charge in [-0.25, -0.2) is 8.42 Å². The van der Waals surface area contributed by atoms with Gasteiger partial charge in [0.25, 0.3) is 10.0 Å². The van der Waals surface area contributed by atoms with Crippen LogP contribution in [-0.4, -0.2) is 43.3 Å². The Kier molecular flexibility index (Phi) is 10.7. The molecule has 4 aromatic rings. The molecule has 0 aromatic heterocycles. The predicted octanol–water partition coefficient (Wildman–Crippen LogP) is 6.67. The first-order valence-electron chi connectivity index (χ1n) is 15.5. The highest BCUT2D eigenvalue weighted by molar-refractivity contribution is 7.92. The van der Waals surface area contributed by atoms with Crippen molar-refractivity contribution < 1.29 is 18.0 Å². The average molecular weight is 640 g/mol. The quantitative estimate of drug-likeness (QED) is 0.199. The van der Waals surface area contributed by atoms with Gasteiger partial charge in [0, 0.05) is 18.5 Å². The third kappa shape index (κ3) is 8.85. The van der Waals surface area contributed by atoms with Crippen molar-refractivity contribution in [3.63, 3.8) is 0 Å². The number of anilines is 1. The van der Waals surface area contributed by atoms with Gasteiger partial charge in [-0.05, 0) is 83.4 Å². The topological polar surface area (TPSA) is 86.8 Å². The molecule has 0 unspecified atom stereocenters. The zero-order chi connectivity index (χ0) is 33.6. The minimum absolute atomic E-state index is 0.0856. The maximum absolute atomic E-state index is 14.7. The van der Waals surface area contributed by atoms with Crippen LogP contribution in [-0.2, 0) is 32.6 Å². The maximum atomic E-state index is 14.7. The molecule has 0 bridgehead atoms. The summed E-state index contributed by atoms with van der Waals surface area (Å²) >= 11 is 0. The molecule has 8 heteroatoms. The third-order valence-corrected chi connectivity index (χ3v) is 9.49. The Morgan fingerprint density at radius 2 is 1.35 bits per heavy atom. The van der Waals surface area contributed by atoms with Crippen LogP contribution >= 0.6 is 0 Å². The zero-order valence-corrected chi connectivity index (χ0v) is 28.7. The second kappa shape index (κ2) is 14.3. The molecular weight excluding hydrogens is 595 g/mol. The molecule has 4 rings (SSSR count). The first-order valence-corrected chi connectivity index (χ1v) is 17.0. The fourth-order valence-electron chi connectivity index (χ4n) is 5.45. The van der Waals surface area contributed by atoms with Crippen molar-refractivity contribution >= 4 is 27.5 Å². The number of hydrogen-bond donors (Lipinski definition) is 1. The Hall–Kier alpha value is -4.43. The number of amides is 2. The van der Waals surface area contributed by atoms with E-state index in [-0.39, 0.29) is 23.8 Å². The third-order valence-electron chi connectivity index (χ3n) is 7.71. The lowest BCUT2D eigenvalue weighted by molar-refractivity contribution is -0.140. The van der Waals surface area contributed by atoms with Crippen LogP contribution in [0.4, 0.5) is 5.69 Å². The minimum atomic E-state index is -4.16. The van der Waals surface area contributed by atoms with E-state index >= 15 is 0 Å². The van der Waals surface area contributed by atoms with Crippen molar-refractivity contribution in [2.24, 2.45) is 0 Å². The number of nitrogens with one attached hydrogen (secondary N) is 1. The molecule has 0 heterocycles. The van der Waals surface area contributed by atoms with Crippen LogP contribution in [0.1, 0.15) is 54.2 Å². The summed E-state index contributed by atoms with van der Waals surface area (Å²) < 4.78 is 29.8. The average Bonchev–Trinajstić information content (AvgIpc) is 2.98. The van der Waals surface area contributed by atoms with Gasteiger partial charge in [-0.15, -0.1) is 0 Å². The summed E-state index contributed by atoms with van der Waals surface area (Å²) in [4.78, 5) is 30.3. The van der Waals surface area contributed by atoms with Gasteiger partial charge in [0.05, 0.1) is 10.6 Å². The Morgan fingerprint density at radius 1 is 0.739 bits per heavy atom. The SMILES string of the molecule is Cc1ccc(S(=O)(=O)N(CC(=O)N(Cc2cccc(C)c2)[C@H](Cc2ccccc2)C(=O)NC(C)(C)C)c2ccc(C)cc2C)cc1. The summed E-state index contributed by atoms with van der Waals surface area (Å²) in [6.45, 7) is 13.0. The molecule has 7 nitrogen and oxygen atoms in total. The van der Waals surface area contributed by atoms with E-state index in [9.17, 15) is 18.0 Å². The normalized spacial score (nSPS) is 12.3. The van der Waals surface area contributed by atoms with E-state index in [2.05, 4.69) is 5.32 Å². The van der Waals surface area contributed by atoms with Crippen molar-refractivity contribution in [1.82, 2.24) is 10.2 Å². The molecule has 0 spiro atoms. The van der Waals surface area contributed by atoms with Gasteiger partial charge in [-0.2, -0.15) is 0 Å². The molecule has 4 aromatic carbocycles. The van der Waals surface area contributed by atoms with Crippen molar-refractivity contribution in [1.29, 1.82) is 0 Å². The molecule has 0 aliphatic rings. The number of aryl methyl sites for hydroxylation is 4. The molecular formula is C38H45N3O4S. The van der Waals surface area contributed by atoms with E-state index in [1.165, 1.54) is 9.21 Å². The van der Waals surface area contributed by atoms with Crippen LogP contribution in [0.25, 0.3) is 0 Å². The molecule has 0 radical (unpaired) electrons. The number of sulfonamides is 1. The number of nitrogens with zero attached hydrogens (tertiary/aromatic N) is 2. The summed E-state index contributed by atoms with van der Waals surface area (Å²) in [6.07, 6.45) is 0.259. The molecule has 0 fully saturated rings. The first-order chi connectivity index (χ1) is 21.6. The largest absolute Gasteiger partial charge is 0.350 e. The van der Waals surface area contributed by atoms with Gasteiger partial charge >= 0.3 is 0 Å². The van der Waals surface area contributed by atoms with Gasteiger partial charge in [0.15, 0.2) is 0 Å². The monoisotopic (exact) mass is 639 g/mol. The molecule has 46 heavy (non-hydrogen) atoms. The Labute approximate surface area is 274 Å². The van der Waals surface area contributed by atoms with Crippen LogP contribution in [0.3, 0.4) is 0 Å². The maximum Gasteiger partial charge on any atom is 0.264 e.